The third-order valence-electron chi connectivity index (χ3n) is 3.75. The molecular formula is C16H17NO2S. The van der Waals surface area contributed by atoms with Crippen LogP contribution in [0.15, 0.2) is 29.6 Å². The second-order valence-corrected chi connectivity index (χ2v) is 6.24. The van der Waals surface area contributed by atoms with E-state index in [4.69, 9.17) is 0 Å². The number of rotatable bonds is 2. The smallest absolute Gasteiger partial charge is 0.255 e. The van der Waals surface area contributed by atoms with E-state index < -0.39 is 0 Å². The standard InChI is InChI=1S/C16H17NO2S/c1-10-5-6-14(18)12(9-10)16(19)17-13-3-2-4-15-11(13)7-8-20-15/h5-9,13,18H,2-4H2,1H3,(H,17,19). The molecule has 2 aromatic rings. The third-order valence-corrected chi connectivity index (χ3v) is 4.75. The topological polar surface area (TPSA) is 49.3 Å². The van der Waals surface area contributed by atoms with Crippen LogP contribution in [0.5, 0.6) is 5.75 Å². The van der Waals surface area contributed by atoms with Crippen molar-refractivity contribution in [1.29, 1.82) is 0 Å². The highest BCUT2D eigenvalue weighted by Gasteiger charge is 2.24. The van der Waals surface area contributed by atoms with Crippen molar-refractivity contribution in [3.05, 3.63) is 51.2 Å². The van der Waals surface area contributed by atoms with Gasteiger partial charge in [0.1, 0.15) is 5.75 Å². The van der Waals surface area contributed by atoms with Crippen molar-refractivity contribution in [3.63, 3.8) is 0 Å². The molecule has 20 heavy (non-hydrogen) atoms. The van der Waals surface area contributed by atoms with Crippen molar-refractivity contribution in [2.24, 2.45) is 0 Å². The molecule has 1 amide bonds. The molecule has 1 aromatic heterocycles. The SMILES string of the molecule is Cc1ccc(O)c(C(=O)NC2CCCc3sccc32)c1. The van der Waals surface area contributed by atoms with E-state index in [0.29, 0.717) is 5.56 Å². The number of aromatic hydroxyl groups is 1. The highest BCUT2D eigenvalue weighted by atomic mass is 32.1. The van der Waals surface area contributed by atoms with Crippen molar-refractivity contribution in [3.8, 4) is 5.75 Å². The molecule has 4 heteroatoms. The predicted octanol–water partition coefficient (Wildman–Crippen LogP) is 3.57. The molecule has 1 unspecified atom stereocenters. The normalized spacial score (nSPS) is 17.6. The first-order chi connectivity index (χ1) is 9.65. The first-order valence-corrected chi connectivity index (χ1v) is 7.70. The van der Waals surface area contributed by atoms with Crippen LogP contribution >= 0.6 is 11.3 Å². The molecule has 1 atom stereocenters. The van der Waals surface area contributed by atoms with Gasteiger partial charge in [0, 0.05) is 4.88 Å². The molecule has 3 nitrogen and oxygen atoms in total. The van der Waals surface area contributed by atoms with Crippen LogP contribution in [-0.4, -0.2) is 11.0 Å². The second kappa shape index (κ2) is 5.29. The molecule has 1 heterocycles. The minimum absolute atomic E-state index is 0.0365. The molecule has 0 radical (unpaired) electrons. The molecule has 1 aromatic carbocycles. The van der Waals surface area contributed by atoms with E-state index in [9.17, 15) is 9.90 Å². The molecule has 0 spiro atoms. The van der Waals surface area contributed by atoms with E-state index in [2.05, 4.69) is 16.8 Å². The van der Waals surface area contributed by atoms with Gasteiger partial charge in [-0.15, -0.1) is 11.3 Å². The van der Waals surface area contributed by atoms with E-state index in [1.54, 1.807) is 29.5 Å². The van der Waals surface area contributed by atoms with Crippen molar-refractivity contribution in [1.82, 2.24) is 5.32 Å². The molecule has 0 saturated carbocycles. The lowest BCUT2D eigenvalue weighted by molar-refractivity contribution is 0.0930. The minimum Gasteiger partial charge on any atom is -0.507 e. The molecule has 104 valence electrons. The van der Waals surface area contributed by atoms with Gasteiger partial charge in [-0.2, -0.15) is 0 Å². The molecule has 1 aliphatic rings. The Kier molecular flexibility index (Phi) is 3.49. The van der Waals surface area contributed by atoms with Gasteiger partial charge in [-0.05, 0) is 55.3 Å². The average molecular weight is 287 g/mol. The number of thiophene rings is 1. The zero-order chi connectivity index (χ0) is 14.1. The zero-order valence-electron chi connectivity index (χ0n) is 11.3. The number of phenolic OH excluding ortho intramolecular Hbond substituents is 1. The van der Waals surface area contributed by atoms with E-state index >= 15 is 0 Å². The number of hydrogen-bond acceptors (Lipinski definition) is 3. The quantitative estimate of drug-likeness (QED) is 0.887. The summed E-state index contributed by atoms with van der Waals surface area (Å²) < 4.78 is 0. The minimum atomic E-state index is -0.199. The summed E-state index contributed by atoms with van der Waals surface area (Å²) >= 11 is 1.76. The van der Waals surface area contributed by atoms with Crippen LogP contribution in [0.4, 0.5) is 0 Å². The lowest BCUT2D eigenvalue weighted by atomic mass is 9.93. The fourth-order valence-electron chi connectivity index (χ4n) is 2.70. The number of aryl methyl sites for hydroxylation is 2. The Morgan fingerprint density at radius 2 is 2.25 bits per heavy atom. The Morgan fingerprint density at radius 3 is 3.10 bits per heavy atom. The number of phenols is 1. The van der Waals surface area contributed by atoms with Crippen LogP contribution in [0.25, 0.3) is 0 Å². The maximum Gasteiger partial charge on any atom is 0.255 e. The third kappa shape index (κ3) is 2.43. The van der Waals surface area contributed by atoms with Crippen LogP contribution in [0.3, 0.4) is 0 Å². The first-order valence-electron chi connectivity index (χ1n) is 6.82. The number of carbonyl (C=O) groups excluding carboxylic acids is 1. The van der Waals surface area contributed by atoms with Gasteiger partial charge in [0.2, 0.25) is 0 Å². The fourth-order valence-corrected chi connectivity index (χ4v) is 3.69. The van der Waals surface area contributed by atoms with E-state index in [1.807, 2.05) is 6.92 Å². The molecule has 1 aliphatic carbocycles. The van der Waals surface area contributed by atoms with Crippen molar-refractivity contribution >= 4 is 17.2 Å². The maximum atomic E-state index is 12.3. The summed E-state index contributed by atoms with van der Waals surface area (Å²) in [7, 11) is 0. The van der Waals surface area contributed by atoms with Crippen LogP contribution in [0, 0.1) is 6.92 Å². The summed E-state index contributed by atoms with van der Waals surface area (Å²) in [6.45, 7) is 1.91. The highest BCUT2D eigenvalue weighted by molar-refractivity contribution is 7.10. The Bertz CT molecular complexity index is 648. The van der Waals surface area contributed by atoms with E-state index in [1.165, 1.54) is 10.4 Å². The number of nitrogens with one attached hydrogen (secondary N) is 1. The average Bonchev–Trinajstić information content (AvgIpc) is 2.91. The number of hydrogen-bond donors (Lipinski definition) is 2. The molecule has 0 bridgehead atoms. The van der Waals surface area contributed by atoms with Gasteiger partial charge >= 0.3 is 0 Å². The summed E-state index contributed by atoms with van der Waals surface area (Å²) in [5, 5.41) is 15.0. The second-order valence-electron chi connectivity index (χ2n) is 5.24. The van der Waals surface area contributed by atoms with Crippen LogP contribution in [0.1, 0.15) is 45.2 Å². The lowest BCUT2D eigenvalue weighted by Crippen LogP contribution is -2.30. The van der Waals surface area contributed by atoms with Crippen LogP contribution in [0.2, 0.25) is 0 Å². The predicted molar refractivity (Wildman–Crippen MR) is 80.3 cm³/mol. The van der Waals surface area contributed by atoms with Gasteiger partial charge in [0.05, 0.1) is 11.6 Å². The number of carbonyl (C=O) groups is 1. The first kappa shape index (κ1) is 13.2. The van der Waals surface area contributed by atoms with Gasteiger partial charge < -0.3 is 10.4 Å². The lowest BCUT2D eigenvalue weighted by Gasteiger charge is -2.24. The monoisotopic (exact) mass is 287 g/mol. The van der Waals surface area contributed by atoms with Gasteiger partial charge in [-0.1, -0.05) is 11.6 Å². The summed E-state index contributed by atoms with van der Waals surface area (Å²) in [5.41, 5.74) is 2.56. The van der Waals surface area contributed by atoms with Gasteiger partial charge in [0.15, 0.2) is 0 Å². The van der Waals surface area contributed by atoms with Gasteiger partial charge in [-0.25, -0.2) is 0 Å². The van der Waals surface area contributed by atoms with Gasteiger partial charge in [-0.3, -0.25) is 4.79 Å². The van der Waals surface area contributed by atoms with Gasteiger partial charge in [0.25, 0.3) is 5.91 Å². The van der Waals surface area contributed by atoms with E-state index in [-0.39, 0.29) is 17.7 Å². The molecule has 2 N–H and O–H groups in total. The fraction of sp³-hybridized carbons (Fsp3) is 0.312. The largest absolute Gasteiger partial charge is 0.507 e. The van der Waals surface area contributed by atoms with Crippen molar-refractivity contribution in [2.75, 3.05) is 0 Å². The number of benzene rings is 1. The Balaban J connectivity index is 1.82. The number of fused-ring (bicyclic) bond motifs is 1. The zero-order valence-corrected chi connectivity index (χ0v) is 12.2. The highest BCUT2D eigenvalue weighted by Crippen LogP contribution is 2.33. The Hall–Kier alpha value is -1.81. The number of amides is 1. The molecule has 0 fully saturated rings. The van der Waals surface area contributed by atoms with Crippen LogP contribution < -0.4 is 5.32 Å². The van der Waals surface area contributed by atoms with Crippen molar-refractivity contribution in [2.45, 2.75) is 32.2 Å². The molecule has 0 aliphatic heterocycles. The van der Waals surface area contributed by atoms with Crippen LogP contribution in [-0.2, 0) is 6.42 Å². The summed E-state index contributed by atoms with van der Waals surface area (Å²) in [5.74, 6) is -0.162. The van der Waals surface area contributed by atoms with E-state index in [0.717, 1.165) is 24.8 Å². The maximum absolute atomic E-state index is 12.3. The van der Waals surface area contributed by atoms with Crippen molar-refractivity contribution < 1.29 is 9.90 Å². The Morgan fingerprint density at radius 1 is 1.40 bits per heavy atom. The summed E-state index contributed by atoms with van der Waals surface area (Å²) in [6, 6.07) is 7.25. The summed E-state index contributed by atoms with van der Waals surface area (Å²) in [6.07, 6.45) is 3.16. The molecule has 0 saturated heterocycles. The molecular weight excluding hydrogens is 270 g/mol. The Labute approximate surface area is 122 Å². The molecule has 3 rings (SSSR count). The summed E-state index contributed by atoms with van der Waals surface area (Å²) in [4.78, 5) is 13.7.